The molecule has 0 bridgehead atoms. The molecule has 13 heavy (non-hydrogen) atoms. The normalized spacial score (nSPS) is 33.3. The summed E-state index contributed by atoms with van der Waals surface area (Å²) in [6.07, 6.45) is 5.68. The van der Waals surface area contributed by atoms with Gasteiger partial charge in [0.1, 0.15) is 0 Å². The Kier molecular flexibility index (Phi) is 4.51. The van der Waals surface area contributed by atoms with Gasteiger partial charge in [-0.15, -0.1) is 0 Å². The summed E-state index contributed by atoms with van der Waals surface area (Å²) in [5, 5.41) is 0. The molecular weight excluding hydrogens is 336 g/mol. The first-order valence-corrected chi connectivity index (χ1v) is 5.94. The van der Waals surface area contributed by atoms with Crippen LogP contribution in [0.2, 0.25) is 0 Å². The number of rotatable bonds is 3. The molecule has 0 aromatic rings. The van der Waals surface area contributed by atoms with E-state index in [1.54, 1.807) is 14.2 Å². The summed E-state index contributed by atoms with van der Waals surface area (Å²) in [4.78, 5) is 0. The van der Waals surface area contributed by atoms with Crippen LogP contribution < -0.4 is 0 Å². The minimum absolute atomic E-state index is 0.205. The number of ether oxygens (including phenoxy) is 2. The Bertz CT molecular complexity index is 213. The van der Waals surface area contributed by atoms with Gasteiger partial charge in [-0.1, -0.05) is 0 Å². The summed E-state index contributed by atoms with van der Waals surface area (Å²) in [5.41, 5.74) is 0. The number of allylic oxidation sites excluding steroid dienone is 1. The topological polar surface area (TPSA) is 18.5 Å². The summed E-state index contributed by atoms with van der Waals surface area (Å²) < 4.78 is 11.9. The number of hydrogen-bond donors (Lipinski definition) is 0. The van der Waals surface area contributed by atoms with Crippen molar-refractivity contribution < 1.29 is 28.8 Å². The molecule has 0 unspecified atom stereocenters. The second-order valence-electron chi connectivity index (χ2n) is 3.39. The minimum atomic E-state index is 0.205. The monoisotopic (exact) mass is 352 g/mol. The number of methoxy groups -OCH3 is 2. The predicted molar refractivity (Wildman–Crippen MR) is 49.2 cm³/mol. The fourth-order valence-electron chi connectivity index (χ4n) is 1.75. The Labute approximate surface area is 90.7 Å². The number of hydrogen-bond acceptors (Lipinski definition) is 2. The molecule has 0 N–H and O–H groups in total. The molecule has 3 heteroatoms. The van der Waals surface area contributed by atoms with Crippen LogP contribution in [0, 0.1) is 11.8 Å². The van der Waals surface area contributed by atoms with Gasteiger partial charge in [-0.05, 0) is 0 Å². The molecule has 0 fully saturated rings. The first-order chi connectivity index (χ1) is 6.20. The second-order valence-corrected chi connectivity index (χ2v) is 4.84. The first-order valence-electron chi connectivity index (χ1n) is 4.48. The Balaban J connectivity index is 2.76. The van der Waals surface area contributed by atoms with E-state index in [0.717, 1.165) is 10.5 Å². The van der Waals surface area contributed by atoms with E-state index < -0.39 is 0 Å². The van der Waals surface area contributed by atoms with Crippen LogP contribution >= 0.6 is 0 Å². The van der Waals surface area contributed by atoms with Crippen molar-refractivity contribution in [1.82, 2.24) is 0 Å². The zero-order valence-corrected chi connectivity index (χ0v) is 11.3. The molecule has 1 aliphatic carbocycles. The van der Waals surface area contributed by atoms with E-state index >= 15 is 0 Å². The summed E-state index contributed by atoms with van der Waals surface area (Å²) in [5.74, 6) is 1.07. The van der Waals surface area contributed by atoms with E-state index in [1.807, 2.05) is 0 Å². The third-order valence-corrected chi connectivity index (χ3v) is 4.12. The zero-order valence-electron chi connectivity index (χ0n) is 8.32. The summed E-state index contributed by atoms with van der Waals surface area (Å²) in [7, 11) is 3.51. The summed E-state index contributed by atoms with van der Waals surface area (Å²) in [6, 6.07) is 0. The van der Waals surface area contributed by atoms with Gasteiger partial charge in [0.25, 0.3) is 0 Å². The van der Waals surface area contributed by atoms with Crippen molar-refractivity contribution >= 4 is 4.08 Å². The van der Waals surface area contributed by atoms with E-state index in [1.165, 1.54) is 19.4 Å². The Morgan fingerprint density at radius 1 is 1.46 bits per heavy atom. The third-order valence-electron chi connectivity index (χ3n) is 2.55. The Hall–Kier alpha value is 0.218. The van der Waals surface area contributed by atoms with Gasteiger partial charge in [-0.2, -0.15) is 0 Å². The standard InChI is InChI=1S/C10H16O2.W/c1-8-5-4-6-10(12-3)9(8)7-11-2;/h4,6,8-10H,5H2,1-3H3;/t8-,9+,10-;/m0./s1. The van der Waals surface area contributed by atoms with Crippen LogP contribution in [0.4, 0.5) is 0 Å². The summed E-state index contributed by atoms with van der Waals surface area (Å²) >= 11 is 1.41. The van der Waals surface area contributed by atoms with Crippen LogP contribution in [0.25, 0.3) is 0 Å². The van der Waals surface area contributed by atoms with Gasteiger partial charge in [-0.3, -0.25) is 0 Å². The molecular formula is C10H16O2W. The maximum atomic E-state index is 5.42. The van der Waals surface area contributed by atoms with Crippen LogP contribution in [0.1, 0.15) is 13.3 Å². The van der Waals surface area contributed by atoms with Crippen LogP contribution in [0.15, 0.2) is 12.2 Å². The third kappa shape index (κ3) is 2.58. The fraction of sp³-hybridized carbons (Fsp3) is 0.700. The Morgan fingerprint density at radius 3 is 2.69 bits per heavy atom. The van der Waals surface area contributed by atoms with Crippen molar-refractivity contribution in [1.29, 1.82) is 0 Å². The van der Waals surface area contributed by atoms with Gasteiger partial charge in [0.05, 0.1) is 0 Å². The van der Waals surface area contributed by atoms with Gasteiger partial charge in [-0.25, -0.2) is 0 Å². The molecule has 0 heterocycles. The molecule has 2 nitrogen and oxygen atoms in total. The molecule has 0 amide bonds. The molecule has 1 aliphatic rings. The molecule has 1 rings (SSSR count). The van der Waals surface area contributed by atoms with Gasteiger partial charge in [0, 0.05) is 0 Å². The van der Waals surface area contributed by atoms with Crippen molar-refractivity contribution in [2.24, 2.45) is 11.8 Å². The van der Waals surface area contributed by atoms with Crippen LogP contribution in [0.3, 0.4) is 0 Å². The van der Waals surface area contributed by atoms with E-state index in [9.17, 15) is 0 Å². The molecule has 0 radical (unpaired) electrons. The van der Waals surface area contributed by atoms with Crippen LogP contribution in [-0.2, 0) is 28.8 Å². The van der Waals surface area contributed by atoms with E-state index in [0.29, 0.717) is 11.8 Å². The fourth-order valence-corrected chi connectivity index (χ4v) is 3.06. The van der Waals surface area contributed by atoms with E-state index in [2.05, 4.69) is 19.1 Å². The van der Waals surface area contributed by atoms with Gasteiger partial charge >= 0.3 is 90.6 Å². The first kappa shape index (κ1) is 11.3. The van der Waals surface area contributed by atoms with Crippen LogP contribution in [-0.4, -0.2) is 24.4 Å². The van der Waals surface area contributed by atoms with Gasteiger partial charge in [0.15, 0.2) is 0 Å². The molecule has 0 spiro atoms. The van der Waals surface area contributed by atoms with Crippen molar-refractivity contribution in [2.45, 2.75) is 19.4 Å². The second kappa shape index (κ2) is 5.19. The quantitative estimate of drug-likeness (QED) is 0.718. The van der Waals surface area contributed by atoms with Crippen molar-refractivity contribution in [3.8, 4) is 0 Å². The van der Waals surface area contributed by atoms with E-state index in [-0.39, 0.29) is 6.10 Å². The summed E-state index contributed by atoms with van der Waals surface area (Å²) in [6.45, 7) is 2.25. The van der Waals surface area contributed by atoms with E-state index in [4.69, 9.17) is 9.47 Å². The zero-order chi connectivity index (χ0) is 9.84. The molecule has 0 aliphatic heterocycles. The molecule has 0 saturated heterocycles. The molecule has 3 atom stereocenters. The van der Waals surface area contributed by atoms with Gasteiger partial charge < -0.3 is 0 Å². The Morgan fingerprint density at radius 2 is 2.15 bits per heavy atom. The van der Waals surface area contributed by atoms with Crippen molar-refractivity contribution in [3.05, 3.63) is 12.2 Å². The molecule has 0 saturated carbocycles. The van der Waals surface area contributed by atoms with Gasteiger partial charge in [0.2, 0.25) is 0 Å². The average Bonchev–Trinajstić information content (AvgIpc) is 2.16. The van der Waals surface area contributed by atoms with Crippen molar-refractivity contribution in [3.63, 3.8) is 0 Å². The predicted octanol–water partition coefficient (Wildman–Crippen LogP) is 1.54. The maximum absolute atomic E-state index is 5.42. The van der Waals surface area contributed by atoms with Crippen molar-refractivity contribution in [2.75, 3.05) is 14.2 Å². The molecule has 0 aromatic carbocycles. The van der Waals surface area contributed by atoms with Crippen LogP contribution in [0.5, 0.6) is 0 Å². The molecule has 74 valence electrons. The average molecular weight is 352 g/mol. The SMILES string of the molecule is CO[C](=[W])[C@H]1[C@@H](OC)C=CC[C@@H]1C. The molecule has 0 aromatic heterocycles.